The maximum atomic E-state index is 10.6. The molecule has 0 aliphatic rings. The van der Waals surface area contributed by atoms with Crippen molar-refractivity contribution in [2.24, 2.45) is 0 Å². The van der Waals surface area contributed by atoms with E-state index in [4.69, 9.17) is 17.3 Å². The Bertz CT molecular complexity index is 576. The molecule has 6 nitrogen and oxygen atoms in total. The number of nitrogens with zero attached hydrogens (tertiary/aromatic N) is 2. The molecule has 0 unspecified atom stereocenters. The van der Waals surface area contributed by atoms with Crippen molar-refractivity contribution < 1.29 is 4.79 Å². The molecule has 1 heterocycles. The fraction of sp³-hybridized carbons (Fsp3) is 0.0833. The summed E-state index contributed by atoms with van der Waals surface area (Å²) < 4.78 is 0. The number of hydrogen-bond donors (Lipinski definition) is 3. The van der Waals surface area contributed by atoms with E-state index in [1.807, 2.05) is 30.3 Å². The summed E-state index contributed by atoms with van der Waals surface area (Å²) in [7, 11) is 0. The Kier molecular flexibility index (Phi) is 4.15. The van der Waals surface area contributed by atoms with Crippen molar-refractivity contribution in [3.8, 4) is 0 Å². The molecule has 98 valence electrons. The second-order valence-electron chi connectivity index (χ2n) is 3.70. The van der Waals surface area contributed by atoms with E-state index in [-0.39, 0.29) is 11.1 Å². The molecule has 0 fully saturated rings. The highest BCUT2D eigenvalue weighted by atomic mass is 35.5. The van der Waals surface area contributed by atoms with Gasteiger partial charge in [-0.05, 0) is 5.56 Å². The molecule has 0 saturated carbocycles. The third kappa shape index (κ3) is 3.32. The lowest BCUT2D eigenvalue weighted by Gasteiger charge is -2.11. The molecule has 0 atom stereocenters. The van der Waals surface area contributed by atoms with Crippen molar-refractivity contribution in [3.63, 3.8) is 0 Å². The van der Waals surface area contributed by atoms with Crippen molar-refractivity contribution in [2.75, 3.05) is 16.4 Å². The van der Waals surface area contributed by atoms with Crippen molar-refractivity contribution in [2.45, 2.75) is 6.54 Å². The zero-order valence-electron chi connectivity index (χ0n) is 9.93. The first-order valence-electron chi connectivity index (χ1n) is 5.51. The second kappa shape index (κ2) is 6.01. The maximum Gasteiger partial charge on any atom is 0.223 e. The second-order valence-corrected chi connectivity index (χ2v) is 4.06. The van der Waals surface area contributed by atoms with Gasteiger partial charge in [0.1, 0.15) is 5.69 Å². The fourth-order valence-electron chi connectivity index (χ4n) is 1.55. The van der Waals surface area contributed by atoms with Crippen LogP contribution in [0.25, 0.3) is 0 Å². The molecule has 2 rings (SSSR count). The highest BCUT2D eigenvalue weighted by molar-refractivity contribution is 6.33. The van der Waals surface area contributed by atoms with Gasteiger partial charge in [0.15, 0.2) is 11.0 Å². The minimum absolute atomic E-state index is 0.0389. The van der Waals surface area contributed by atoms with E-state index in [1.165, 1.54) is 0 Å². The van der Waals surface area contributed by atoms with Gasteiger partial charge in [0.2, 0.25) is 12.4 Å². The van der Waals surface area contributed by atoms with E-state index < -0.39 is 0 Å². The Morgan fingerprint density at radius 2 is 2.00 bits per heavy atom. The van der Waals surface area contributed by atoms with Crippen molar-refractivity contribution >= 4 is 35.5 Å². The first kappa shape index (κ1) is 13.1. The first-order valence-corrected chi connectivity index (χ1v) is 5.89. The lowest BCUT2D eigenvalue weighted by molar-refractivity contribution is -0.105. The number of benzene rings is 1. The number of halogens is 1. The molecule has 0 aliphatic carbocycles. The van der Waals surface area contributed by atoms with Gasteiger partial charge in [-0.15, -0.1) is 0 Å². The van der Waals surface area contributed by atoms with Crippen LogP contribution in [-0.2, 0) is 11.3 Å². The Balaban J connectivity index is 2.21. The average Bonchev–Trinajstić information content (AvgIpc) is 2.41. The van der Waals surface area contributed by atoms with Crippen LogP contribution in [0.3, 0.4) is 0 Å². The van der Waals surface area contributed by atoms with Crippen LogP contribution in [0.5, 0.6) is 0 Å². The Morgan fingerprint density at radius 3 is 2.68 bits per heavy atom. The third-order valence-electron chi connectivity index (χ3n) is 2.39. The summed E-state index contributed by atoms with van der Waals surface area (Å²) >= 11 is 5.90. The monoisotopic (exact) mass is 277 g/mol. The first-order chi connectivity index (χ1) is 9.20. The molecular formula is C12H12ClN5O. The lowest BCUT2D eigenvalue weighted by Crippen LogP contribution is -2.09. The number of rotatable bonds is 5. The third-order valence-corrected chi connectivity index (χ3v) is 2.66. The molecule has 19 heavy (non-hydrogen) atoms. The molecular weight excluding hydrogens is 266 g/mol. The number of carbonyl (C=O) groups excluding carboxylic acids is 1. The molecule has 0 spiro atoms. The maximum absolute atomic E-state index is 10.6. The van der Waals surface area contributed by atoms with E-state index in [2.05, 4.69) is 20.6 Å². The Morgan fingerprint density at radius 1 is 1.26 bits per heavy atom. The summed E-state index contributed by atoms with van der Waals surface area (Å²) in [5, 5.41) is 5.60. The molecule has 0 bridgehead atoms. The van der Waals surface area contributed by atoms with Gasteiger partial charge in [0.25, 0.3) is 0 Å². The summed E-state index contributed by atoms with van der Waals surface area (Å²) in [5.74, 6) is 0.422. The Labute approximate surface area is 115 Å². The summed E-state index contributed by atoms with van der Waals surface area (Å²) in [6.07, 6.45) is 0.508. The predicted molar refractivity (Wildman–Crippen MR) is 74.9 cm³/mol. The van der Waals surface area contributed by atoms with E-state index in [9.17, 15) is 4.79 Å². The average molecular weight is 278 g/mol. The van der Waals surface area contributed by atoms with Gasteiger partial charge in [0, 0.05) is 6.54 Å². The topological polar surface area (TPSA) is 92.9 Å². The van der Waals surface area contributed by atoms with Crippen LogP contribution < -0.4 is 16.4 Å². The largest absolute Gasteiger partial charge is 0.368 e. The SMILES string of the molecule is Nc1nc(Cl)c(NC=O)c(NCc2ccccc2)n1. The minimum atomic E-state index is 0.0389. The molecule has 0 radical (unpaired) electrons. The van der Waals surface area contributed by atoms with Gasteiger partial charge in [-0.2, -0.15) is 9.97 Å². The fourth-order valence-corrected chi connectivity index (χ4v) is 1.78. The Hall–Kier alpha value is -2.34. The number of anilines is 3. The van der Waals surface area contributed by atoms with E-state index >= 15 is 0 Å². The van der Waals surface area contributed by atoms with Gasteiger partial charge in [0.05, 0.1) is 0 Å². The number of carbonyl (C=O) groups is 1. The van der Waals surface area contributed by atoms with Crippen molar-refractivity contribution in [1.29, 1.82) is 0 Å². The molecule has 4 N–H and O–H groups in total. The lowest BCUT2D eigenvalue weighted by atomic mass is 10.2. The normalized spacial score (nSPS) is 9.95. The van der Waals surface area contributed by atoms with Gasteiger partial charge in [-0.25, -0.2) is 0 Å². The molecule has 0 aliphatic heterocycles. The van der Waals surface area contributed by atoms with Crippen LogP contribution >= 0.6 is 11.6 Å². The molecule has 7 heteroatoms. The molecule has 1 aromatic carbocycles. The predicted octanol–water partition coefficient (Wildman–Crippen LogP) is 1.89. The van der Waals surface area contributed by atoms with E-state index in [1.54, 1.807) is 0 Å². The standard InChI is InChI=1S/C12H12ClN5O/c13-10-9(16-7-19)11(18-12(14)17-10)15-6-8-4-2-1-3-5-8/h1-5,7H,6H2,(H,16,19)(H3,14,15,17,18). The van der Waals surface area contributed by atoms with Gasteiger partial charge in [-0.3, -0.25) is 4.79 Å². The molecule has 2 aromatic rings. The number of nitrogens with one attached hydrogen (secondary N) is 2. The van der Waals surface area contributed by atoms with Gasteiger partial charge in [-0.1, -0.05) is 41.9 Å². The molecule has 1 aromatic heterocycles. The quantitative estimate of drug-likeness (QED) is 0.573. The molecule has 0 saturated heterocycles. The summed E-state index contributed by atoms with van der Waals surface area (Å²) in [6, 6.07) is 9.73. The van der Waals surface area contributed by atoms with Gasteiger partial charge >= 0.3 is 0 Å². The van der Waals surface area contributed by atoms with Crippen LogP contribution in [0, 0.1) is 0 Å². The van der Waals surface area contributed by atoms with Crippen LogP contribution in [0.4, 0.5) is 17.5 Å². The summed E-state index contributed by atoms with van der Waals surface area (Å²) in [6.45, 7) is 0.529. The van der Waals surface area contributed by atoms with Crippen LogP contribution in [0.15, 0.2) is 30.3 Å². The van der Waals surface area contributed by atoms with Crippen LogP contribution in [-0.4, -0.2) is 16.4 Å². The van der Waals surface area contributed by atoms with Crippen LogP contribution in [0.2, 0.25) is 5.15 Å². The number of nitrogens with two attached hydrogens (primary N) is 1. The zero-order chi connectivity index (χ0) is 13.7. The highest BCUT2D eigenvalue weighted by Crippen LogP contribution is 2.27. The van der Waals surface area contributed by atoms with Crippen LogP contribution in [0.1, 0.15) is 5.56 Å². The number of hydrogen-bond acceptors (Lipinski definition) is 5. The highest BCUT2D eigenvalue weighted by Gasteiger charge is 2.11. The molecule has 1 amide bonds. The summed E-state index contributed by atoms with van der Waals surface area (Å²) in [5.41, 5.74) is 6.90. The van der Waals surface area contributed by atoms with E-state index in [0.717, 1.165) is 5.56 Å². The van der Waals surface area contributed by atoms with Gasteiger partial charge < -0.3 is 16.4 Å². The van der Waals surface area contributed by atoms with Crippen molar-refractivity contribution in [3.05, 3.63) is 41.0 Å². The van der Waals surface area contributed by atoms with E-state index in [0.29, 0.717) is 24.5 Å². The smallest absolute Gasteiger partial charge is 0.223 e. The number of amides is 1. The van der Waals surface area contributed by atoms with Crippen molar-refractivity contribution in [1.82, 2.24) is 9.97 Å². The summed E-state index contributed by atoms with van der Waals surface area (Å²) in [4.78, 5) is 18.3. The minimum Gasteiger partial charge on any atom is -0.368 e. The number of nitrogen functional groups attached to an aromatic ring is 1. The zero-order valence-corrected chi connectivity index (χ0v) is 10.7. The number of aromatic nitrogens is 2.